The van der Waals surface area contributed by atoms with Gasteiger partial charge in [0.2, 0.25) is 5.88 Å². The zero-order valence-corrected chi connectivity index (χ0v) is 20.6. The number of amides is 2. The van der Waals surface area contributed by atoms with Crippen molar-refractivity contribution < 1.29 is 32.9 Å². The second-order valence-corrected chi connectivity index (χ2v) is 9.37. The number of nitrogens with one attached hydrogen (secondary N) is 1. The highest BCUT2D eigenvalue weighted by molar-refractivity contribution is 6.33. The number of aliphatic hydroxyl groups excluding tert-OH is 2. The smallest absolute Gasteiger partial charge is 0.416 e. The summed E-state index contributed by atoms with van der Waals surface area (Å²) in [6.45, 7) is 0.661. The summed E-state index contributed by atoms with van der Waals surface area (Å²) in [4.78, 5) is 25.7. The summed E-state index contributed by atoms with van der Waals surface area (Å²) < 4.78 is 45.2. The first-order valence-electron chi connectivity index (χ1n) is 11.7. The third kappa shape index (κ3) is 5.19. The zero-order valence-electron chi connectivity index (χ0n) is 19.8. The number of urea groups is 1. The first-order chi connectivity index (χ1) is 18.1. The van der Waals surface area contributed by atoms with Crippen LogP contribution in [0.25, 0.3) is 11.3 Å². The first kappa shape index (κ1) is 26.0. The molecule has 9 nitrogen and oxygen atoms in total. The maximum absolute atomic E-state index is 13.4. The molecule has 1 fully saturated rings. The van der Waals surface area contributed by atoms with E-state index < -0.39 is 30.5 Å². The molecule has 2 amide bonds. The average molecular weight is 550 g/mol. The Labute approximate surface area is 220 Å². The van der Waals surface area contributed by atoms with Crippen LogP contribution >= 0.6 is 11.6 Å². The van der Waals surface area contributed by atoms with Crippen LogP contribution in [0.3, 0.4) is 0 Å². The Morgan fingerprint density at radius 3 is 2.79 bits per heavy atom. The maximum Gasteiger partial charge on any atom is 0.416 e. The van der Waals surface area contributed by atoms with E-state index in [1.165, 1.54) is 29.3 Å². The van der Waals surface area contributed by atoms with Gasteiger partial charge in [0, 0.05) is 24.7 Å². The SMILES string of the molecule is O=C(Nc1ccc(OC[C@@H](O)CO)nc1)N1c2nc(-c3cccc(C(F)(F)F)c3)c(Cl)cc2N2CC[C@H]1C2. The molecule has 1 aromatic carbocycles. The fourth-order valence-corrected chi connectivity index (χ4v) is 4.74. The molecule has 0 aliphatic carbocycles. The number of alkyl halides is 3. The number of benzene rings is 1. The lowest BCUT2D eigenvalue weighted by molar-refractivity contribution is -0.137. The van der Waals surface area contributed by atoms with Crippen molar-refractivity contribution in [2.45, 2.75) is 24.7 Å². The molecule has 3 aromatic rings. The highest BCUT2D eigenvalue weighted by Crippen LogP contribution is 2.43. The number of anilines is 3. The monoisotopic (exact) mass is 549 g/mol. The summed E-state index contributed by atoms with van der Waals surface area (Å²) in [5.74, 6) is 0.506. The third-order valence-corrected chi connectivity index (χ3v) is 6.63. The van der Waals surface area contributed by atoms with E-state index in [1.54, 1.807) is 12.1 Å². The van der Waals surface area contributed by atoms with Crippen molar-refractivity contribution in [2.24, 2.45) is 0 Å². The molecule has 0 saturated carbocycles. The number of halogens is 4. The van der Waals surface area contributed by atoms with E-state index in [0.717, 1.165) is 12.1 Å². The van der Waals surface area contributed by atoms with Gasteiger partial charge in [0.15, 0.2) is 5.82 Å². The fourth-order valence-electron chi connectivity index (χ4n) is 4.49. The number of hydrogen-bond donors (Lipinski definition) is 3. The second-order valence-electron chi connectivity index (χ2n) is 8.96. The molecule has 2 bridgehead atoms. The quantitative estimate of drug-likeness (QED) is 0.423. The molecule has 2 aromatic heterocycles. The molecule has 2 aliphatic heterocycles. The van der Waals surface area contributed by atoms with Crippen molar-refractivity contribution in [3.63, 3.8) is 0 Å². The summed E-state index contributed by atoms with van der Waals surface area (Å²) in [5.41, 5.74) is 0.505. The zero-order chi connectivity index (χ0) is 27.0. The number of hydrogen-bond acceptors (Lipinski definition) is 7. The van der Waals surface area contributed by atoms with Gasteiger partial charge in [0.25, 0.3) is 0 Å². The second kappa shape index (κ2) is 10.3. The van der Waals surface area contributed by atoms with Crippen molar-refractivity contribution in [2.75, 3.05) is 41.4 Å². The Balaban J connectivity index is 1.43. The summed E-state index contributed by atoms with van der Waals surface area (Å²) in [5, 5.41) is 21.2. The minimum atomic E-state index is -4.53. The van der Waals surface area contributed by atoms with Crippen LogP contribution < -0.4 is 19.9 Å². The van der Waals surface area contributed by atoms with Gasteiger partial charge < -0.3 is 25.2 Å². The van der Waals surface area contributed by atoms with E-state index in [1.807, 2.05) is 4.90 Å². The number of fused-ring (bicyclic) bond motifs is 4. The lowest BCUT2D eigenvalue weighted by Crippen LogP contribution is -2.48. The normalized spacial score (nSPS) is 17.3. The summed E-state index contributed by atoms with van der Waals surface area (Å²) in [6.07, 6.45) is -3.50. The van der Waals surface area contributed by atoms with Crippen LogP contribution in [0, 0.1) is 0 Å². The Kier molecular flexibility index (Phi) is 7.03. The van der Waals surface area contributed by atoms with Crippen molar-refractivity contribution >= 4 is 34.8 Å². The number of ether oxygens (including phenoxy) is 1. The van der Waals surface area contributed by atoms with E-state index in [9.17, 15) is 23.1 Å². The predicted molar refractivity (Wildman–Crippen MR) is 135 cm³/mol. The van der Waals surface area contributed by atoms with Gasteiger partial charge in [-0.2, -0.15) is 13.2 Å². The van der Waals surface area contributed by atoms with Gasteiger partial charge in [-0.25, -0.2) is 14.8 Å². The van der Waals surface area contributed by atoms with Crippen LogP contribution in [-0.2, 0) is 6.18 Å². The molecule has 4 heterocycles. The Hall–Kier alpha value is -3.61. The van der Waals surface area contributed by atoms with Crippen molar-refractivity contribution in [3.05, 3.63) is 59.2 Å². The third-order valence-electron chi connectivity index (χ3n) is 6.34. The Bertz CT molecular complexity index is 1340. The molecule has 0 spiro atoms. The molecular formula is C25H23ClF3N5O4. The van der Waals surface area contributed by atoms with Crippen molar-refractivity contribution in [3.8, 4) is 17.1 Å². The van der Waals surface area contributed by atoms with E-state index >= 15 is 0 Å². The van der Waals surface area contributed by atoms with Crippen LogP contribution in [0.5, 0.6) is 5.88 Å². The van der Waals surface area contributed by atoms with E-state index in [0.29, 0.717) is 36.7 Å². The minimum absolute atomic E-state index is 0.139. The molecule has 38 heavy (non-hydrogen) atoms. The molecule has 1 saturated heterocycles. The number of carbonyl (C=O) groups excluding carboxylic acids is 1. The summed E-state index contributed by atoms with van der Waals surface area (Å²) in [7, 11) is 0. The lowest BCUT2D eigenvalue weighted by atomic mass is 10.1. The molecule has 0 unspecified atom stereocenters. The Morgan fingerprint density at radius 2 is 2.08 bits per heavy atom. The highest BCUT2D eigenvalue weighted by Gasteiger charge is 2.41. The number of rotatable bonds is 6. The molecule has 3 N–H and O–H groups in total. The van der Waals surface area contributed by atoms with Gasteiger partial charge in [-0.1, -0.05) is 23.7 Å². The van der Waals surface area contributed by atoms with Gasteiger partial charge in [-0.3, -0.25) is 4.90 Å². The lowest BCUT2D eigenvalue weighted by Gasteiger charge is -2.36. The number of aromatic nitrogens is 2. The van der Waals surface area contributed by atoms with Crippen LogP contribution in [-0.4, -0.2) is 64.7 Å². The van der Waals surface area contributed by atoms with Crippen LogP contribution in [0.15, 0.2) is 48.7 Å². The van der Waals surface area contributed by atoms with Gasteiger partial charge in [0.1, 0.15) is 12.7 Å². The van der Waals surface area contributed by atoms with Crippen molar-refractivity contribution in [1.82, 2.24) is 9.97 Å². The molecule has 2 atom stereocenters. The van der Waals surface area contributed by atoms with Crippen LogP contribution in [0.1, 0.15) is 12.0 Å². The largest absolute Gasteiger partial charge is 0.475 e. The van der Waals surface area contributed by atoms with Gasteiger partial charge >= 0.3 is 12.2 Å². The van der Waals surface area contributed by atoms with Gasteiger partial charge in [-0.05, 0) is 30.7 Å². The molecule has 13 heteroatoms. The minimum Gasteiger partial charge on any atom is -0.475 e. The molecule has 2 aliphatic rings. The molecule has 200 valence electrons. The molecule has 0 radical (unpaired) electrons. The summed E-state index contributed by atoms with van der Waals surface area (Å²) >= 11 is 6.49. The average Bonchev–Trinajstić information content (AvgIpc) is 3.32. The number of aliphatic hydroxyl groups is 2. The highest BCUT2D eigenvalue weighted by atomic mass is 35.5. The number of nitrogens with zero attached hydrogens (tertiary/aromatic N) is 4. The molecular weight excluding hydrogens is 527 g/mol. The van der Waals surface area contributed by atoms with Crippen molar-refractivity contribution in [1.29, 1.82) is 0 Å². The first-order valence-corrected chi connectivity index (χ1v) is 12.1. The number of pyridine rings is 2. The van der Waals surface area contributed by atoms with E-state index in [4.69, 9.17) is 21.4 Å². The maximum atomic E-state index is 13.4. The predicted octanol–water partition coefficient (Wildman–Crippen LogP) is 4.18. The fraction of sp³-hybridized carbons (Fsp3) is 0.320. The topological polar surface area (TPSA) is 111 Å². The van der Waals surface area contributed by atoms with Crippen LogP contribution in [0.4, 0.5) is 35.2 Å². The molecule has 5 rings (SSSR count). The summed E-state index contributed by atoms with van der Waals surface area (Å²) in [6, 6.07) is 8.78. The Morgan fingerprint density at radius 1 is 1.26 bits per heavy atom. The van der Waals surface area contributed by atoms with Gasteiger partial charge in [0.05, 0.1) is 46.5 Å². The van der Waals surface area contributed by atoms with Gasteiger partial charge in [-0.15, -0.1) is 0 Å². The number of carbonyl (C=O) groups is 1. The standard InChI is InChI=1S/C25H23ClF3N5O4/c26-19-9-20-23(32-22(19)14-2-1-3-15(8-14)25(27,28)29)34(17-6-7-33(20)11-17)24(37)31-16-4-5-21(30-10-16)38-13-18(36)12-35/h1-5,8-10,17-18,35-36H,6-7,11-13H2,(H,31,37)/t17-,18-/m0/s1. The van der Waals surface area contributed by atoms with E-state index in [2.05, 4.69) is 15.3 Å². The van der Waals surface area contributed by atoms with Crippen LogP contribution in [0.2, 0.25) is 5.02 Å². The van der Waals surface area contributed by atoms with E-state index in [-0.39, 0.29) is 34.8 Å².